The molecule has 0 unspecified atom stereocenters. The van der Waals surface area contributed by atoms with Gasteiger partial charge in [-0.25, -0.2) is 4.79 Å². The highest BCUT2D eigenvalue weighted by molar-refractivity contribution is 5.87. The number of carboxylic acids is 2. The number of allylic oxidation sites excluding steroid dienone is 2. The number of aliphatic carboxylic acids is 2. The molecular weight excluding hydrogens is 232 g/mol. The van der Waals surface area contributed by atoms with Gasteiger partial charge < -0.3 is 10.2 Å². The lowest BCUT2D eigenvalue weighted by atomic mass is 10.2. The van der Waals surface area contributed by atoms with E-state index in [0.29, 0.717) is 19.3 Å². The predicted octanol–water partition coefficient (Wildman–Crippen LogP) is 1.28. The molecule has 0 aromatic rings. The maximum absolute atomic E-state index is 10.2. The summed E-state index contributed by atoms with van der Waals surface area (Å²) in [6.45, 7) is 0. The minimum atomic E-state index is -1.22. The Balaban J connectivity index is 3.73. The molecule has 92 valence electrons. The first-order valence-corrected chi connectivity index (χ1v) is 5.21. The summed E-state index contributed by atoms with van der Waals surface area (Å²) in [6.07, 6.45) is 5.72. The third-order valence-electron chi connectivity index (χ3n) is 1.59. The van der Waals surface area contributed by atoms with Gasteiger partial charge >= 0.3 is 11.9 Å². The molecule has 0 aliphatic rings. The minimum absolute atomic E-state index is 0.170. The Labute approximate surface area is 106 Å². The van der Waals surface area contributed by atoms with E-state index in [-0.39, 0.29) is 6.42 Å². The van der Waals surface area contributed by atoms with Gasteiger partial charge in [0.2, 0.25) is 0 Å². The lowest BCUT2D eigenvalue weighted by Gasteiger charge is -1.89. The van der Waals surface area contributed by atoms with Crippen LogP contribution < -0.4 is 0 Å². The van der Waals surface area contributed by atoms with E-state index in [0.717, 1.165) is 0 Å². The fraction of sp³-hybridized carbons (Fsp3) is 0.286. The van der Waals surface area contributed by atoms with Crippen molar-refractivity contribution in [3.8, 4) is 35.5 Å². The summed E-state index contributed by atoms with van der Waals surface area (Å²) in [5.41, 5.74) is 0. The van der Waals surface area contributed by atoms with Crippen LogP contribution in [0, 0.1) is 35.5 Å². The molecule has 0 heterocycles. The SMILES string of the molecule is O=C(O)C#CC#CC#CCC=CCCCC(=O)O. The van der Waals surface area contributed by atoms with Crippen LogP contribution in [-0.4, -0.2) is 22.2 Å². The summed E-state index contributed by atoms with van der Waals surface area (Å²) >= 11 is 0. The van der Waals surface area contributed by atoms with Crippen molar-refractivity contribution in [2.75, 3.05) is 0 Å². The van der Waals surface area contributed by atoms with Gasteiger partial charge in [0, 0.05) is 18.8 Å². The van der Waals surface area contributed by atoms with Crippen LogP contribution in [0.1, 0.15) is 25.7 Å². The first kappa shape index (κ1) is 15.4. The number of unbranched alkanes of at least 4 members (excludes halogenated alkanes) is 1. The molecule has 2 N–H and O–H groups in total. The van der Waals surface area contributed by atoms with Gasteiger partial charge in [-0.05, 0) is 36.5 Å². The molecule has 0 radical (unpaired) electrons. The molecule has 0 saturated heterocycles. The third kappa shape index (κ3) is 13.4. The van der Waals surface area contributed by atoms with Crippen LogP contribution in [0.25, 0.3) is 0 Å². The fourth-order valence-electron chi connectivity index (χ4n) is 0.874. The Bertz CT molecular complexity index is 495. The van der Waals surface area contributed by atoms with Crippen molar-refractivity contribution in [1.29, 1.82) is 0 Å². The van der Waals surface area contributed by atoms with Crippen LogP contribution >= 0.6 is 0 Å². The average molecular weight is 244 g/mol. The van der Waals surface area contributed by atoms with E-state index in [1.54, 1.807) is 0 Å². The second-order valence-electron chi connectivity index (χ2n) is 3.07. The van der Waals surface area contributed by atoms with Crippen molar-refractivity contribution in [3.05, 3.63) is 12.2 Å². The largest absolute Gasteiger partial charge is 0.481 e. The minimum Gasteiger partial charge on any atom is -0.481 e. The molecule has 0 aromatic carbocycles. The molecular formula is C14H12O4. The van der Waals surface area contributed by atoms with Crippen LogP contribution in [0.5, 0.6) is 0 Å². The Morgan fingerprint density at radius 3 is 2.39 bits per heavy atom. The number of carbonyl (C=O) groups is 2. The topological polar surface area (TPSA) is 74.6 Å². The lowest BCUT2D eigenvalue weighted by Crippen LogP contribution is -1.92. The summed E-state index contributed by atoms with van der Waals surface area (Å²) in [5.74, 6) is 11.9. The standard InChI is InChI=1S/C14H12O4/c15-13(16)11-9-7-5-3-1-2-4-6-8-10-12-14(17)18/h3,5H,1,7,9,11H2,(H,15,16)(H,17,18). The molecule has 0 bridgehead atoms. The van der Waals surface area contributed by atoms with Crippen molar-refractivity contribution in [1.82, 2.24) is 0 Å². The zero-order chi connectivity index (χ0) is 13.6. The summed E-state index contributed by atoms with van der Waals surface area (Å²) in [5, 5.41) is 16.5. The average Bonchev–Trinajstić information content (AvgIpc) is 2.29. The highest BCUT2D eigenvalue weighted by Gasteiger charge is 1.92. The monoisotopic (exact) mass is 244 g/mol. The second-order valence-corrected chi connectivity index (χ2v) is 3.07. The summed E-state index contributed by atoms with van der Waals surface area (Å²) in [6, 6.07) is 0. The van der Waals surface area contributed by atoms with Gasteiger partial charge in [0.1, 0.15) is 0 Å². The quantitative estimate of drug-likeness (QED) is 0.434. The van der Waals surface area contributed by atoms with E-state index >= 15 is 0 Å². The smallest absolute Gasteiger partial charge is 0.382 e. The van der Waals surface area contributed by atoms with E-state index in [9.17, 15) is 9.59 Å². The molecule has 0 rings (SSSR count). The first-order valence-electron chi connectivity index (χ1n) is 5.21. The van der Waals surface area contributed by atoms with Crippen molar-refractivity contribution in [2.45, 2.75) is 25.7 Å². The van der Waals surface area contributed by atoms with Crippen molar-refractivity contribution in [2.24, 2.45) is 0 Å². The van der Waals surface area contributed by atoms with Crippen molar-refractivity contribution in [3.63, 3.8) is 0 Å². The molecule has 0 fully saturated rings. The van der Waals surface area contributed by atoms with Gasteiger partial charge in [-0.2, -0.15) is 0 Å². The van der Waals surface area contributed by atoms with Crippen molar-refractivity contribution < 1.29 is 19.8 Å². The number of carboxylic acid groups (broad SMARTS) is 2. The predicted molar refractivity (Wildman–Crippen MR) is 66.2 cm³/mol. The van der Waals surface area contributed by atoms with E-state index in [1.807, 2.05) is 18.1 Å². The molecule has 18 heavy (non-hydrogen) atoms. The maximum Gasteiger partial charge on any atom is 0.382 e. The van der Waals surface area contributed by atoms with Crippen LogP contribution in [0.4, 0.5) is 0 Å². The molecule has 0 aliphatic carbocycles. The zero-order valence-corrected chi connectivity index (χ0v) is 9.69. The van der Waals surface area contributed by atoms with Gasteiger partial charge in [-0.15, -0.1) is 0 Å². The van der Waals surface area contributed by atoms with Crippen LogP contribution in [0.15, 0.2) is 12.2 Å². The zero-order valence-electron chi connectivity index (χ0n) is 9.69. The molecule has 0 amide bonds. The molecule has 4 nitrogen and oxygen atoms in total. The summed E-state index contributed by atoms with van der Waals surface area (Å²) in [7, 11) is 0. The molecule has 0 aliphatic heterocycles. The molecule has 0 saturated carbocycles. The summed E-state index contributed by atoms with van der Waals surface area (Å²) < 4.78 is 0. The molecule has 0 atom stereocenters. The lowest BCUT2D eigenvalue weighted by molar-refractivity contribution is -0.137. The van der Waals surface area contributed by atoms with E-state index < -0.39 is 11.9 Å². The normalized spacial score (nSPS) is 8.22. The van der Waals surface area contributed by atoms with Gasteiger partial charge in [0.25, 0.3) is 0 Å². The van der Waals surface area contributed by atoms with Gasteiger partial charge in [-0.1, -0.05) is 18.1 Å². The van der Waals surface area contributed by atoms with Crippen LogP contribution in [-0.2, 0) is 9.59 Å². The van der Waals surface area contributed by atoms with Gasteiger partial charge in [-0.3, -0.25) is 4.79 Å². The third-order valence-corrected chi connectivity index (χ3v) is 1.59. The Hall–Kier alpha value is -2.64. The highest BCUT2D eigenvalue weighted by atomic mass is 16.4. The Morgan fingerprint density at radius 1 is 1.00 bits per heavy atom. The Morgan fingerprint density at radius 2 is 1.72 bits per heavy atom. The number of hydrogen-bond acceptors (Lipinski definition) is 2. The van der Waals surface area contributed by atoms with E-state index in [1.165, 1.54) is 0 Å². The van der Waals surface area contributed by atoms with Gasteiger partial charge in [0.15, 0.2) is 0 Å². The molecule has 4 heteroatoms. The van der Waals surface area contributed by atoms with Crippen LogP contribution in [0.3, 0.4) is 0 Å². The Kier molecular flexibility index (Phi) is 9.27. The molecule has 0 spiro atoms. The number of rotatable bonds is 5. The fourth-order valence-corrected chi connectivity index (χ4v) is 0.874. The second kappa shape index (κ2) is 10.9. The van der Waals surface area contributed by atoms with E-state index in [4.69, 9.17) is 10.2 Å². The first-order chi connectivity index (χ1) is 8.63. The highest BCUT2D eigenvalue weighted by Crippen LogP contribution is 1.96. The number of hydrogen-bond donors (Lipinski definition) is 2. The summed E-state index contributed by atoms with van der Waals surface area (Å²) in [4.78, 5) is 20.2. The maximum atomic E-state index is 10.2. The molecule has 0 aromatic heterocycles. The van der Waals surface area contributed by atoms with Crippen LogP contribution in [0.2, 0.25) is 0 Å². The van der Waals surface area contributed by atoms with Gasteiger partial charge in [0.05, 0.1) is 0 Å². The van der Waals surface area contributed by atoms with Crippen molar-refractivity contribution >= 4 is 11.9 Å². The van der Waals surface area contributed by atoms with E-state index in [2.05, 4.69) is 29.6 Å².